The van der Waals surface area contributed by atoms with Gasteiger partial charge in [0, 0.05) is 18.5 Å². The molecular weight excluding hydrogens is 477 g/mol. The molecule has 1 amide bonds. The van der Waals surface area contributed by atoms with E-state index < -0.39 is 23.8 Å². The summed E-state index contributed by atoms with van der Waals surface area (Å²) in [4.78, 5) is 20.1. The minimum absolute atomic E-state index is 0.00562. The molecule has 1 atom stereocenters. The van der Waals surface area contributed by atoms with Crippen LogP contribution in [0.5, 0.6) is 5.75 Å². The third-order valence-corrected chi connectivity index (χ3v) is 5.19. The van der Waals surface area contributed by atoms with Crippen LogP contribution in [0.3, 0.4) is 0 Å². The summed E-state index contributed by atoms with van der Waals surface area (Å²) in [5.74, 6) is -4.17. The van der Waals surface area contributed by atoms with Crippen molar-refractivity contribution in [2.75, 3.05) is 13.2 Å². The number of benzene rings is 1. The normalized spacial score (nSPS) is 12.6. The Morgan fingerprint density at radius 3 is 2.64 bits per heavy atom. The van der Waals surface area contributed by atoms with Crippen molar-refractivity contribution in [2.24, 2.45) is 5.92 Å². The number of carbonyl (C=O) groups excluding carboxylic acids is 1. The predicted octanol–water partition coefficient (Wildman–Crippen LogP) is 5.05. The van der Waals surface area contributed by atoms with E-state index in [-0.39, 0.29) is 59.8 Å². The maximum Gasteiger partial charge on any atom is 0.289 e. The zero-order chi connectivity index (χ0) is 26.3. The average Bonchev–Trinajstić information content (AvgIpc) is 3.32. The molecule has 3 aromatic rings. The number of nitrogens with zero attached hydrogens (tertiary/aromatic N) is 3. The number of amides is 1. The van der Waals surface area contributed by atoms with Crippen molar-refractivity contribution in [1.29, 1.82) is 0 Å². The predicted molar refractivity (Wildman–Crippen MR) is 125 cm³/mol. The molecule has 194 valence electrons. The van der Waals surface area contributed by atoms with Gasteiger partial charge in [-0.3, -0.25) is 9.78 Å². The Morgan fingerprint density at radius 2 is 2.03 bits per heavy atom. The summed E-state index contributed by atoms with van der Waals surface area (Å²) in [5.41, 5.74) is -0.223. The van der Waals surface area contributed by atoms with E-state index in [4.69, 9.17) is 14.4 Å². The molecule has 0 bridgehead atoms. The Kier molecular flexibility index (Phi) is 9.03. The topological polar surface area (TPSA) is 110 Å². The lowest BCUT2D eigenvalue weighted by Gasteiger charge is -2.19. The largest absolute Gasteiger partial charge is 0.479 e. The molecule has 11 heteroatoms. The maximum absolute atomic E-state index is 14.5. The van der Waals surface area contributed by atoms with Gasteiger partial charge in [0.05, 0.1) is 18.4 Å². The van der Waals surface area contributed by atoms with Crippen molar-refractivity contribution < 1.29 is 32.3 Å². The van der Waals surface area contributed by atoms with Crippen molar-refractivity contribution in [2.45, 2.75) is 52.1 Å². The summed E-state index contributed by atoms with van der Waals surface area (Å²) >= 11 is 0. The Bertz CT molecular complexity index is 1150. The zero-order valence-electron chi connectivity index (χ0n) is 20.3. The maximum atomic E-state index is 14.5. The van der Waals surface area contributed by atoms with E-state index in [2.05, 4.69) is 20.4 Å². The molecule has 0 unspecified atom stereocenters. The molecule has 3 rings (SSSR count). The number of hydrogen-bond donors (Lipinski definition) is 2. The quantitative estimate of drug-likeness (QED) is 0.354. The molecule has 0 fully saturated rings. The lowest BCUT2D eigenvalue weighted by atomic mass is 10.0. The summed E-state index contributed by atoms with van der Waals surface area (Å²) in [7, 11) is 0. The lowest BCUT2D eigenvalue weighted by Crippen LogP contribution is -2.27. The van der Waals surface area contributed by atoms with E-state index in [1.807, 2.05) is 6.92 Å². The molecule has 8 nitrogen and oxygen atoms in total. The van der Waals surface area contributed by atoms with Crippen molar-refractivity contribution in [1.82, 2.24) is 20.4 Å². The van der Waals surface area contributed by atoms with Gasteiger partial charge >= 0.3 is 0 Å². The Balaban J connectivity index is 1.75. The molecule has 36 heavy (non-hydrogen) atoms. The molecule has 0 aliphatic rings. The number of ether oxygens (including phenoxy) is 1. The first-order valence-electron chi connectivity index (χ1n) is 11.7. The number of nitrogens with one attached hydrogen (secondary N) is 1. The van der Waals surface area contributed by atoms with Crippen LogP contribution < -0.4 is 10.1 Å². The van der Waals surface area contributed by atoms with Crippen molar-refractivity contribution >= 4 is 5.91 Å². The fraction of sp³-hybridized carbons (Fsp3) is 0.440. The molecule has 0 aliphatic heterocycles. The number of halogens is 3. The number of hydrogen-bond acceptors (Lipinski definition) is 7. The molecule has 1 aromatic carbocycles. The van der Waals surface area contributed by atoms with Gasteiger partial charge in [-0.15, -0.1) is 0 Å². The van der Waals surface area contributed by atoms with Crippen LogP contribution in [0.25, 0.3) is 11.4 Å². The first-order chi connectivity index (χ1) is 17.1. The van der Waals surface area contributed by atoms with Crippen LogP contribution in [0.2, 0.25) is 0 Å². The summed E-state index contributed by atoms with van der Waals surface area (Å²) in [5, 5.41) is 15.1. The zero-order valence-corrected chi connectivity index (χ0v) is 20.3. The highest BCUT2D eigenvalue weighted by molar-refractivity contribution is 5.94. The number of pyridine rings is 1. The van der Waals surface area contributed by atoms with E-state index in [0.717, 1.165) is 6.07 Å². The van der Waals surface area contributed by atoms with Crippen LogP contribution in [0.4, 0.5) is 13.2 Å². The molecule has 2 heterocycles. The van der Waals surface area contributed by atoms with Gasteiger partial charge in [0.25, 0.3) is 17.7 Å². The van der Waals surface area contributed by atoms with E-state index in [0.29, 0.717) is 12.8 Å². The van der Waals surface area contributed by atoms with Gasteiger partial charge in [-0.25, -0.2) is 4.39 Å². The summed E-state index contributed by atoms with van der Waals surface area (Å²) < 4.78 is 54.3. The van der Waals surface area contributed by atoms with E-state index in [9.17, 15) is 18.0 Å². The van der Waals surface area contributed by atoms with Crippen LogP contribution in [0, 0.1) is 11.7 Å². The smallest absolute Gasteiger partial charge is 0.289 e. The van der Waals surface area contributed by atoms with Crippen molar-refractivity contribution in [3.8, 4) is 17.1 Å². The fourth-order valence-corrected chi connectivity index (χ4v) is 3.53. The number of carbonyl (C=O) groups is 1. The molecule has 2 N–H and O–H groups in total. The fourth-order valence-electron chi connectivity index (χ4n) is 3.53. The van der Waals surface area contributed by atoms with Gasteiger partial charge < -0.3 is 19.7 Å². The minimum atomic E-state index is -3.04. The number of aliphatic hydroxyl groups is 1. The Morgan fingerprint density at radius 1 is 1.25 bits per heavy atom. The number of rotatable bonds is 12. The van der Waals surface area contributed by atoms with Crippen LogP contribution in [-0.2, 0) is 5.92 Å². The Hall–Kier alpha value is -3.47. The van der Waals surface area contributed by atoms with Crippen LogP contribution in [0.1, 0.15) is 68.1 Å². The lowest BCUT2D eigenvalue weighted by molar-refractivity contribution is -0.0292. The first-order valence-corrected chi connectivity index (χ1v) is 11.7. The molecule has 0 spiro atoms. The molecule has 0 saturated heterocycles. The van der Waals surface area contributed by atoms with Crippen molar-refractivity contribution in [3.63, 3.8) is 0 Å². The molecule has 0 radical (unpaired) electrons. The van der Waals surface area contributed by atoms with Gasteiger partial charge in [0.15, 0.2) is 6.10 Å². The number of aromatic nitrogens is 3. The highest BCUT2D eigenvalue weighted by Gasteiger charge is 2.34. The molecular formula is C25H29F3N4O4. The van der Waals surface area contributed by atoms with E-state index in [1.165, 1.54) is 30.5 Å². The highest BCUT2D eigenvalue weighted by Crippen LogP contribution is 2.34. The SMILES string of the molecule is CCC[C@@H](Oc1ccc(C(F)(F)CC(C)C)nc1)c1nc(-c2ccc(C(=O)NCCO)c(F)c2)no1. The van der Waals surface area contributed by atoms with Gasteiger partial charge in [-0.2, -0.15) is 13.8 Å². The molecule has 0 saturated carbocycles. The summed E-state index contributed by atoms with van der Waals surface area (Å²) in [6.07, 6.45) is 1.45. The second kappa shape index (κ2) is 12.0. The summed E-state index contributed by atoms with van der Waals surface area (Å²) in [6.45, 7) is 5.11. The summed E-state index contributed by atoms with van der Waals surface area (Å²) in [6, 6.07) is 6.53. The Labute approximate surface area is 206 Å². The third-order valence-electron chi connectivity index (χ3n) is 5.19. The van der Waals surface area contributed by atoms with Gasteiger partial charge in [-0.05, 0) is 36.6 Å². The highest BCUT2D eigenvalue weighted by atomic mass is 19.3. The van der Waals surface area contributed by atoms with Gasteiger partial charge in [0.2, 0.25) is 5.82 Å². The average molecular weight is 507 g/mol. The van der Waals surface area contributed by atoms with E-state index in [1.54, 1.807) is 13.8 Å². The third kappa shape index (κ3) is 6.81. The van der Waals surface area contributed by atoms with Crippen LogP contribution in [-0.4, -0.2) is 39.3 Å². The first kappa shape index (κ1) is 27.1. The van der Waals surface area contributed by atoms with Gasteiger partial charge in [0.1, 0.15) is 17.3 Å². The van der Waals surface area contributed by atoms with Crippen LogP contribution in [0.15, 0.2) is 41.1 Å². The molecule has 0 aliphatic carbocycles. The van der Waals surface area contributed by atoms with Gasteiger partial charge in [-0.1, -0.05) is 38.4 Å². The minimum Gasteiger partial charge on any atom is -0.479 e. The van der Waals surface area contributed by atoms with E-state index >= 15 is 0 Å². The van der Waals surface area contributed by atoms with Crippen LogP contribution >= 0.6 is 0 Å². The standard InChI is InChI=1S/C25H29F3N4O4/c1-4-5-20(35-17-7-9-21(30-14-17)25(27,28)13-15(2)3)24-31-22(32-36-24)16-6-8-18(19(26)12-16)23(34)29-10-11-33/h6-9,12,14-15,20,33H,4-5,10-11,13H2,1-3H3,(H,29,34)/t20-/m1/s1. The molecule has 2 aromatic heterocycles. The number of alkyl halides is 2. The number of aliphatic hydroxyl groups excluding tert-OH is 1. The van der Waals surface area contributed by atoms with Crippen molar-refractivity contribution in [3.05, 3.63) is 59.5 Å². The monoisotopic (exact) mass is 506 g/mol. The second-order valence-electron chi connectivity index (χ2n) is 8.71. The second-order valence-corrected chi connectivity index (χ2v) is 8.71.